The highest BCUT2D eigenvalue weighted by Crippen LogP contribution is 2.16. The van der Waals surface area contributed by atoms with E-state index in [4.69, 9.17) is 14.6 Å². The van der Waals surface area contributed by atoms with E-state index in [-0.39, 0.29) is 6.61 Å². The van der Waals surface area contributed by atoms with E-state index in [1.54, 1.807) is 0 Å². The van der Waals surface area contributed by atoms with Crippen LogP contribution in [0.25, 0.3) is 0 Å². The van der Waals surface area contributed by atoms with Gasteiger partial charge in [0.25, 0.3) is 0 Å². The zero-order valence-corrected chi connectivity index (χ0v) is 11.1. The monoisotopic (exact) mass is 260 g/mol. The maximum absolute atomic E-state index is 8.75. The minimum absolute atomic E-state index is 0.114. The second-order valence-corrected chi connectivity index (χ2v) is 4.69. The number of aliphatic hydroxyl groups is 1. The van der Waals surface area contributed by atoms with E-state index < -0.39 is 0 Å². The summed E-state index contributed by atoms with van der Waals surface area (Å²) in [5.41, 5.74) is 2.01. The SMILES string of the molecule is OCC#Cc1ccccc1COCC1CCOCC1. The van der Waals surface area contributed by atoms with Gasteiger partial charge in [0.2, 0.25) is 0 Å². The first kappa shape index (κ1) is 14.1. The molecular weight excluding hydrogens is 240 g/mol. The minimum Gasteiger partial charge on any atom is -0.384 e. The van der Waals surface area contributed by atoms with Gasteiger partial charge in [-0.1, -0.05) is 30.0 Å². The summed E-state index contributed by atoms with van der Waals surface area (Å²) in [5.74, 6) is 6.24. The summed E-state index contributed by atoms with van der Waals surface area (Å²) in [6.07, 6.45) is 2.18. The fourth-order valence-electron chi connectivity index (χ4n) is 2.15. The average molecular weight is 260 g/mol. The zero-order valence-electron chi connectivity index (χ0n) is 11.1. The molecule has 0 aliphatic carbocycles. The quantitative estimate of drug-likeness (QED) is 0.841. The first-order chi connectivity index (χ1) is 9.40. The van der Waals surface area contributed by atoms with Gasteiger partial charge < -0.3 is 14.6 Å². The second-order valence-electron chi connectivity index (χ2n) is 4.69. The van der Waals surface area contributed by atoms with Crippen LogP contribution >= 0.6 is 0 Å². The lowest BCUT2D eigenvalue weighted by atomic mass is 10.0. The van der Waals surface area contributed by atoms with E-state index in [0.29, 0.717) is 12.5 Å². The Morgan fingerprint density at radius 2 is 2.05 bits per heavy atom. The minimum atomic E-state index is -0.114. The molecule has 1 saturated heterocycles. The fraction of sp³-hybridized carbons (Fsp3) is 0.500. The highest BCUT2D eigenvalue weighted by Gasteiger charge is 2.13. The number of aliphatic hydroxyl groups excluding tert-OH is 1. The van der Waals surface area contributed by atoms with E-state index in [9.17, 15) is 0 Å². The summed E-state index contributed by atoms with van der Waals surface area (Å²) in [4.78, 5) is 0. The smallest absolute Gasteiger partial charge is 0.104 e. The Bertz CT molecular complexity index is 439. The van der Waals surface area contributed by atoms with Crippen LogP contribution in [0.3, 0.4) is 0 Å². The predicted molar refractivity (Wildman–Crippen MR) is 73.6 cm³/mol. The number of hydrogen-bond donors (Lipinski definition) is 1. The van der Waals surface area contributed by atoms with Gasteiger partial charge >= 0.3 is 0 Å². The van der Waals surface area contributed by atoms with Crippen LogP contribution in [0.2, 0.25) is 0 Å². The van der Waals surface area contributed by atoms with E-state index in [0.717, 1.165) is 43.8 Å². The van der Waals surface area contributed by atoms with E-state index >= 15 is 0 Å². The molecule has 1 heterocycles. The van der Waals surface area contributed by atoms with E-state index in [1.807, 2.05) is 24.3 Å². The number of benzene rings is 1. The number of ether oxygens (including phenoxy) is 2. The first-order valence-electron chi connectivity index (χ1n) is 6.73. The van der Waals surface area contributed by atoms with Crippen LogP contribution in [-0.2, 0) is 16.1 Å². The van der Waals surface area contributed by atoms with Crippen molar-refractivity contribution in [3.8, 4) is 11.8 Å². The average Bonchev–Trinajstić information content (AvgIpc) is 2.47. The molecule has 19 heavy (non-hydrogen) atoms. The van der Waals surface area contributed by atoms with Crippen LogP contribution in [0.1, 0.15) is 24.0 Å². The summed E-state index contributed by atoms with van der Waals surface area (Å²) >= 11 is 0. The van der Waals surface area contributed by atoms with Crippen molar-refractivity contribution < 1.29 is 14.6 Å². The van der Waals surface area contributed by atoms with Crippen molar-refractivity contribution in [2.24, 2.45) is 5.92 Å². The third-order valence-electron chi connectivity index (χ3n) is 3.27. The Morgan fingerprint density at radius 1 is 1.26 bits per heavy atom. The van der Waals surface area contributed by atoms with E-state index in [2.05, 4.69) is 11.8 Å². The Balaban J connectivity index is 1.84. The predicted octanol–water partition coefficient (Wildman–Crippen LogP) is 1.97. The molecule has 0 spiro atoms. The molecule has 1 aromatic carbocycles. The van der Waals surface area contributed by atoms with Gasteiger partial charge in [0.15, 0.2) is 0 Å². The topological polar surface area (TPSA) is 38.7 Å². The van der Waals surface area contributed by atoms with Crippen LogP contribution in [-0.4, -0.2) is 31.5 Å². The van der Waals surface area contributed by atoms with Gasteiger partial charge in [-0.3, -0.25) is 0 Å². The fourth-order valence-corrected chi connectivity index (χ4v) is 2.15. The third-order valence-corrected chi connectivity index (χ3v) is 3.27. The second kappa shape index (κ2) is 7.96. The summed E-state index contributed by atoms with van der Waals surface area (Å²) in [5, 5.41) is 8.75. The highest BCUT2D eigenvalue weighted by molar-refractivity contribution is 5.40. The van der Waals surface area contributed by atoms with Crippen molar-refractivity contribution in [1.82, 2.24) is 0 Å². The highest BCUT2D eigenvalue weighted by atomic mass is 16.5. The van der Waals surface area contributed by atoms with Crippen molar-refractivity contribution in [3.05, 3.63) is 35.4 Å². The van der Waals surface area contributed by atoms with Crippen molar-refractivity contribution in [1.29, 1.82) is 0 Å². The van der Waals surface area contributed by atoms with Crippen molar-refractivity contribution in [2.45, 2.75) is 19.4 Å². The molecule has 0 unspecified atom stereocenters. The normalized spacial score (nSPS) is 15.8. The molecular formula is C16H20O3. The van der Waals surface area contributed by atoms with Crippen molar-refractivity contribution in [3.63, 3.8) is 0 Å². The molecule has 1 aliphatic heterocycles. The van der Waals surface area contributed by atoms with Gasteiger partial charge in [-0.2, -0.15) is 0 Å². The molecule has 1 aromatic rings. The standard InChI is InChI=1S/C16H20O3/c17-9-3-6-15-4-1-2-5-16(15)13-19-12-14-7-10-18-11-8-14/h1-2,4-5,14,17H,7-13H2. The lowest BCUT2D eigenvalue weighted by Gasteiger charge is -2.21. The van der Waals surface area contributed by atoms with Gasteiger partial charge in [0.05, 0.1) is 13.2 Å². The molecule has 0 bridgehead atoms. The summed E-state index contributed by atoms with van der Waals surface area (Å²) in [6.45, 7) is 2.95. The third kappa shape index (κ3) is 4.68. The molecule has 3 nitrogen and oxygen atoms in total. The molecule has 0 amide bonds. The van der Waals surface area contributed by atoms with Gasteiger partial charge in [-0.25, -0.2) is 0 Å². The largest absolute Gasteiger partial charge is 0.384 e. The molecule has 2 rings (SSSR count). The van der Waals surface area contributed by atoms with Gasteiger partial charge in [0, 0.05) is 18.8 Å². The molecule has 0 radical (unpaired) electrons. The first-order valence-corrected chi connectivity index (χ1v) is 6.73. The lowest BCUT2D eigenvalue weighted by Crippen LogP contribution is -2.20. The molecule has 1 fully saturated rings. The van der Waals surface area contributed by atoms with Crippen molar-refractivity contribution in [2.75, 3.05) is 26.4 Å². The van der Waals surface area contributed by atoms with Gasteiger partial charge in [0.1, 0.15) is 6.61 Å². The molecule has 0 saturated carbocycles. The lowest BCUT2D eigenvalue weighted by molar-refractivity contribution is 0.0157. The molecule has 3 heteroatoms. The maximum atomic E-state index is 8.75. The van der Waals surface area contributed by atoms with Crippen LogP contribution in [0.5, 0.6) is 0 Å². The number of hydrogen-bond acceptors (Lipinski definition) is 3. The number of rotatable bonds is 4. The van der Waals surface area contributed by atoms with Gasteiger partial charge in [-0.05, 0) is 30.4 Å². The molecule has 0 aromatic heterocycles. The Kier molecular flexibility index (Phi) is 5.90. The molecule has 102 valence electrons. The molecule has 0 atom stereocenters. The maximum Gasteiger partial charge on any atom is 0.104 e. The summed E-state index contributed by atoms with van der Waals surface area (Å²) in [6, 6.07) is 7.90. The summed E-state index contributed by atoms with van der Waals surface area (Å²) < 4.78 is 11.1. The Morgan fingerprint density at radius 3 is 2.84 bits per heavy atom. The van der Waals surface area contributed by atoms with E-state index in [1.165, 1.54) is 0 Å². The Hall–Kier alpha value is -1.34. The summed E-state index contributed by atoms with van der Waals surface area (Å²) in [7, 11) is 0. The zero-order chi connectivity index (χ0) is 13.3. The van der Waals surface area contributed by atoms with Crippen LogP contribution in [0.15, 0.2) is 24.3 Å². The molecule has 1 aliphatic rings. The Labute approximate surface area is 114 Å². The molecule has 1 N–H and O–H groups in total. The van der Waals surface area contributed by atoms with Crippen LogP contribution in [0, 0.1) is 17.8 Å². The van der Waals surface area contributed by atoms with Crippen LogP contribution < -0.4 is 0 Å². The van der Waals surface area contributed by atoms with Crippen molar-refractivity contribution >= 4 is 0 Å². The van der Waals surface area contributed by atoms with Gasteiger partial charge in [-0.15, -0.1) is 0 Å². The van der Waals surface area contributed by atoms with Crippen LogP contribution in [0.4, 0.5) is 0 Å².